The number of sulfonamides is 1. The van der Waals surface area contributed by atoms with Gasteiger partial charge in [0.25, 0.3) is 0 Å². The Kier molecular flexibility index (Phi) is 7.86. The summed E-state index contributed by atoms with van der Waals surface area (Å²) in [5.74, 6) is -0.580. The lowest BCUT2D eigenvalue weighted by atomic mass is 10.2. The molecular formula is C21H16Cl4N2O3S. The number of hydrogen-bond acceptors (Lipinski definition) is 3. The summed E-state index contributed by atoms with van der Waals surface area (Å²) in [6, 6.07) is 17.2. The Labute approximate surface area is 200 Å². The molecule has 3 rings (SSSR count). The van der Waals surface area contributed by atoms with Gasteiger partial charge in [-0.1, -0.05) is 70.7 Å². The van der Waals surface area contributed by atoms with Crippen LogP contribution in [0.2, 0.25) is 20.1 Å². The van der Waals surface area contributed by atoms with Crippen molar-refractivity contribution in [2.45, 2.75) is 11.4 Å². The molecular weight excluding hydrogens is 502 g/mol. The maximum atomic E-state index is 13.2. The zero-order valence-electron chi connectivity index (χ0n) is 15.9. The highest BCUT2D eigenvalue weighted by atomic mass is 35.5. The van der Waals surface area contributed by atoms with Crippen molar-refractivity contribution in [2.75, 3.05) is 11.9 Å². The maximum Gasteiger partial charge on any atom is 0.243 e. The van der Waals surface area contributed by atoms with Crippen LogP contribution in [0.4, 0.5) is 5.69 Å². The van der Waals surface area contributed by atoms with E-state index in [2.05, 4.69) is 5.32 Å². The normalized spacial score (nSPS) is 11.5. The number of rotatable bonds is 7. The molecule has 5 nitrogen and oxygen atoms in total. The molecule has 0 radical (unpaired) electrons. The van der Waals surface area contributed by atoms with Crippen LogP contribution in [0.3, 0.4) is 0 Å². The van der Waals surface area contributed by atoms with Crippen molar-refractivity contribution in [2.24, 2.45) is 0 Å². The summed E-state index contributed by atoms with van der Waals surface area (Å²) in [4.78, 5) is 12.8. The third-order valence-electron chi connectivity index (χ3n) is 4.25. The van der Waals surface area contributed by atoms with Gasteiger partial charge in [-0.25, -0.2) is 8.42 Å². The highest BCUT2D eigenvalue weighted by molar-refractivity contribution is 7.89. The Hall–Kier alpha value is -1.80. The number of hydrogen-bond donors (Lipinski definition) is 1. The maximum absolute atomic E-state index is 13.2. The van der Waals surface area contributed by atoms with E-state index in [9.17, 15) is 13.2 Å². The van der Waals surface area contributed by atoms with Crippen LogP contribution in [0.5, 0.6) is 0 Å². The van der Waals surface area contributed by atoms with Gasteiger partial charge in [-0.2, -0.15) is 4.31 Å². The average molecular weight is 518 g/mol. The predicted molar refractivity (Wildman–Crippen MR) is 126 cm³/mol. The first-order valence-corrected chi connectivity index (χ1v) is 11.9. The minimum absolute atomic E-state index is 0.0589. The van der Waals surface area contributed by atoms with Crippen LogP contribution in [-0.4, -0.2) is 25.2 Å². The molecule has 3 aromatic rings. The fourth-order valence-corrected chi connectivity index (χ4v) is 4.82. The lowest BCUT2D eigenvalue weighted by Gasteiger charge is -2.22. The fraction of sp³-hybridized carbons (Fsp3) is 0.0952. The van der Waals surface area contributed by atoms with Crippen LogP contribution in [0.1, 0.15) is 5.56 Å². The van der Waals surface area contributed by atoms with Gasteiger partial charge in [0, 0.05) is 11.6 Å². The lowest BCUT2D eigenvalue weighted by molar-refractivity contribution is -0.116. The van der Waals surface area contributed by atoms with E-state index in [4.69, 9.17) is 46.4 Å². The molecule has 0 aliphatic carbocycles. The monoisotopic (exact) mass is 516 g/mol. The number of carbonyl (C=O) groups excluding carboxylic acids is 1. The Morgan fingerprint density at radius 2 is 1.52 bits per heavy atom. The van der Waals surface area contributed by atoms with Crippen LogP contribution in [0.15, 0.2) is 71.6 Å². The number of nitrogens with zero attached hydrogens (tertiary/aromatic N) is 1. The van der Waals surface area contributed by atoms with E-state index in [0.717, 1.165) is 4.31 Å². The minimum atomic E-state index is -3.99. The first kappa shape index (κ1) is 23.9. The molecule has 1 N–H and O–H groups in total. The standard InChI is InChI=1S/C21H16Cl4N2O3S/c22-15-7-9-18(24)20(11-15)26-21(28)13-27(12-14-6-8-17(23)19(25)10-14)31(29,30)16-4-2-1-3-5-16/h1-11H,12-13H2,(H,26,28). The summed E-state index contributed by atoms with van der Waals surface area (Å²) < 4.78 is 27.5. The van der Waals surface area contributed by atoms with E-state index in [1.54, 1.807) is 42.5 Å². The van der Waals surface area contributed by atoms with Gasteiger partial charge in [0.1, 0.15) is 0 Å². The Morgan fingerprint density at radius 3 is 2.19 bits per heavy atom. The second kappa shape index (κ2) is 10.2. The Bertz CT molecular complexity index is 1200. The van der Waals surface area contributed by atoms with Gasteiger partial charge in [-0.15, -0.1) is 0 Å². The van der Waals surface area contributed by atoms with Gasteiger partial charge in [0.05, 0.1) is 32.2 Å². The van der Waals surface area contributed by atoms with Gasteiger partial charge in [-0.05, 0) is 48.0 Å². The largest absolute Gasteiger partial charge is 0.324 e. The summed E-state index contributed by atoms with van der Waals surface area (Å²) in [6.45, 7) is -0.550. The Morgan fingerprint density at radius 1 is 0.839 bits per heavy atom. The predicted octanol–water partition coefficient (Wildman–Crippen LogP) is 6.13. The van der Waals surface area contributed by atoms with E-state index >= 15 is 0 Å². The summed E-state index contributed by atoms with van der Waals surface area (Å²) >= 11 is 24.1. The molecule has 0 aromatic heterocycles. The molecule has 10 heteroatoms. The van der Waals surface area contributed by atoms with Gasteiger partial charge in [0.15, 0.2) is 0 Å². The van der Waals surface area contributed by atoms with E-state index in [0.29, 0.717) is 15.6 Å². The molecule has 0 fully saturated rings. The van der Waals surface area contributed by atoms with Crippen molar-refractivity contribution in [3.05, 3.63) is 92.4 Å². The van der Waals surface area contributed by atoms with Gasteiger partial charge < -0.3 is 5.32 Å². The lowest BCUT2D eigenvalue weighted by Crippen LogP contribution is -2.37. The van der Waals surface area contributed by atoms with Crippen LogP contribution in [0, 0.1) is 0 Å². The van der Waals surface area contributed by atoms with Gasteiger partial charge >= 0.3 is 0 Å². The fourth-order valence-electron chi connectivity index (χ4n) is 2.75. The van der Waals surface area contributed by atoms with Crippen molar-refractivity contribution in [1.82, 2.24) is 4.31 Å². The summed E-state index contributed by atoms with van der Waals surface area (Å²) in [6.07, 6.45) is 0. The number of benzene rings is 3. The third kappa shape index (κ3) is 6.13. The smallest absolute Gasteiger partial charge is 0.243 e. The van der Waals surface area contributed by atoms with Crippen molar-refractivity contribution in [3.63, 3.8) is 0 Å². The number of anilines is 1. The van der Waals surface area contributed by atoms with E-state index in [1.165, 1.54) is 24.3 Å². The second-order valence-electron chi connectivity index (χ2n) is 6.51. The molecule has 0 spiro atoms. The van der Waals surface area contributed by atoms with Crippen molar-refractivity contribution >= 4 is 68.0 Å². The highest BCUT2D eigenvalue weighted by Gasteiger charge is 2.27. The summed E-state index contributed by atoms with van der Waals surface area (Å²) in [5.41, 5.74) is 0.855. The zero-order valence-corrected chi connectivity index (χ0v) is 19.7. The molecule has 1 amide bonds. The van der Waals surface area contributed by atoms with Gasteiger partial charge in [0.2, 0.25) is 15.9 Å². The molecule has 0 atom stereocenters. The average Bonchev–Trinajstić information content (AvgIpc) is 2.73. The second-order valence-corrected chi connectivity index (χ2v) is 10.1. The van der Waals surface area contributed by atoms with Crippen molar-refractivity contribution < 1.29 is 13.2 Å². The molecule has 0 saturated heterocycles. The molecule has 162 valence electrons. The SMILES string of the molecule is O=C(CN(Cc1ccc(Cl)c(Cl)c1)S(=O)(=O)c1ccccc1)Nc1cc(Cl)ccc1Cl. The third-order valence-corrected chi connectivity index (χ3v) is 7.36. The molecule has 0 bridgehead atoms. The van der Waals surface area contributed by atoms with E-state index in [1.807, 2.05) is 0 Å². The number of nitrogens with one attached hydrogen (secondary N) is 1. The molecule has 0 aliphatic rings. The van der Waals surface area contributed by atoms with Crippen LogP contribution in [-0.2, 0) is 21.4 Å². The minimum Gasteiger partial charge on any atom is -0.324 e. The molecule has 0 heterocycles. The number of halogens is 4. The van der Waals surface area contributed by atoms with Crippen LogP contribution in [0.25, 0.3) is 0 Å². The summed E-state index contributed by atoms with van der Waals surface area (Å²) in [7, 11) is -3.99. The first-order chi connectivity index (χ1) is 14.7. The molecule has 0 aliphatic heterocycles. The molecule has 31 heavy (non-hydrogen) atoms. The molecule has 0 unspecified atom stereocenters. The molecule has 3 aromatic carbocycles. The zero-order chi connectivity index (χ0) is 22.6. The van der Waals surface area contributed by atoms with Gasteiger partial charge in [-0.3, -0.25) is 4.79 Å². The Balaban J connectivity index is 1.90. The van der Waals surface area contributed by atoms with Crippen molar-refractivity contribution in [3.8, 4) is 0 Å². The van der Waals surface area contributed by atoms with E-state index < -0.39 is 22.5 Å². The first-order valence-electron chi connectivity index (χ1n) is 8.91. The summed E-state index contributed by atoms with van der Waals surface area (Å²) in [5, 5.41) is 3.89. The number of carbonyl (C=O) groups is 1. The topological polar surface area (TPSA) is 66.5 Å². The van der Waals surface area contributed by atoms with Crippen LogP contribution >= 0.6 is 46.4 Å². The highest BCUT2D eigenvalue weighted by Crippen LogP contribution is 2.27. The molecule has 0 saturated carbocycles. The van der Waals surface area contributed by atoms with E-state index in [-0.39, 0.29) is 27.2 Å². The quantitative estimate of drug-likeness (QED) is 0.410. The van der Waals surface area contributed by atoms with Crippen LogP contribution < -0.4 is 5.32 Å². The van der Waals surface area contributed by atoms with Crippen molar-refractivity contribution in [1.29, 1.82) is 0 Å². The number of amides is 1.